The Kier molecular flexibility index (Phi) is 3.15. The first-order valence-corrected chi connectivity index (χ1v) is 6.46. The van der Waals surface area contributed by atoms with Crippen LogP contribution in [0.2, 0.25) is 5.15 Å². The number of halogens is 1. The van der Waals surface area contributed by atoms with Crippen LogP contribution in [0.3, 0.4) is 0 Å². The summed E-state index contributed by atoms with van der Waals surface area (Å²) < 4.78 is 5.69. The van der Waals surface area contributed by atoms with E-state index < -0.39 is 0 Å². The maximum atomic E-state index is 5.80. The van der Waals surface area contributed by atoms with Gasteiger partial charge in [0.1, 0.15) is 17.2 Å². The van der Waals surface area contributed by atoms with E-state index in [0.717, 1.165) is 12.2 Å². The molecule has 0 bridgehead atoms. The molecule has 0 saturated heterocycles. The molecule has 1 aliphatic carbocycles. The maximum Gasteiger partial charge on any atom is 0.223 e. The molecule has 1 aromatic carbocycles. The van der Waals surface area contributed by atoms with Gasteiger partial charge in [0.25, 0.3) is 0 Å². The fourth-order valence-electron chi connectivity index (χ4n) is 2.27. The molecule has 2 aromatic rings. The summed E-state index contributed by atoms with van der Waals surface area (Å²) in [6, 6.07) is 7.85. The van der Waals surface area contributed by atoms with Gasteiger partial charge in [-0.05, 0) is 48.9 Å². The molecule has 1 aromatic heterocycles. The zero-order valence-corrected chi connectivity index (χ0v) is 10.7. The van der Waals surface area contributed by atoms with Gasteiger partial charge < -0.3 is 4.74 Å². The smallest absolute Gasteiger partial charge is 0.223 e. The first-order valence-electron chi connectivity index (χ1n) is 6.08. The van der Waals surface area contributed by atoms with Crippen LogP contribution >= 0.6 is 11.6 Å². The topological polar surface area (TPSA) is 35.0 Å². The van der Waals surface area contributed by atoms with Crippen LogP contribution in [0, 0.1) is 0 Å². The molecule has 1 heterocycles. The van der Waals surface area contributed by atoms with E-state index in [1.54, 1.807) is 6.07 Å². The molecule has 0 unspecified atom stereocenters. The maximum absolute atomic E-state index is 5.80. The molecular formula is C14H13ClN2O. The van der Waals surface area contributed by atoms with Gasteiger partial charge in [-0.15, -0.1) is 0 Å². The fourth-order valence-corrected chi connectivity index (χ4v) is 2.40. The van der Waals surface area contributed by atoms with Gasteiger partial charge in [-0.3, -0.25) is 0 Å². The van der Waals surface area contributed by atoms with Crippen LogP contribution < -0.4 is 4.74 Å². The van der Waals surface area contributed by atoms with Crippen molar-refractivity contribution in [2.75, 3.05) is 0 Å². The van der Waals surface area contributed by atoms with Gasteiger partial charge in [0.15, 0.2) is 0 Å². The number of hydrogen-bond donors (Lipinski definition) is 0. The highest BCUT2D eigenvalue weighted by atomic mass is 35.5. The molecule has 1 aliphatic rings. The van der Waals surface area contributed by atoms with Crippen molar-refractivity contribution in [3.8, 4) is 11.6 Å². The van der Waals surface area contributed by atoms with E-state index in [1.165, 1.54) is 36.7 Å². The zero-order chi connectivity index (χ0) is 12.4. The summed E-state index contributed by atoms with van der Waals surface area (Å²) in [7, 11) is 0. The van der Waals surface area contributed by atoms with Crippen molar-refractivity contribution < 1.29 is 4.74 Å². The minimum atomic E-state index is 0.387. The van der Waals surface area contributed by atoms with E-state index in [-0.39, 0.29) is 0 Å². The van der Waals surface area contributed by atoms with E-state index in [1.807, 2.05) is 6.07 Å². The fraction of sp³-hybridized carbons (Fsp3) is 0.286. The number of nitrogens with zero attached hydrogens (tertiary/aromatic N) is 2. The van der Waals surface area contributed by atoms with Gasteiger partial charge in [-0.2, -0.15) is 0 Å². The highest BCUT2D eigenvalue weighted by molar-refractivity contribution is 6.29. The Balaban J connectivity index is 1.85. The summed E-state index contributed by atoms with van der Waals surface area (Å²) in [5.41, 5.74) is 2.83. The lowest BCUT2D eigenvalue weighted by molar-refractivity contribution is 0.460. The number of fused-ring (bicyclic) bond motifs is 1. The summed E-state index contributed by atoms with van der Waals surface area (Å²) in [6.45, 7) is 0. The Labute approximate surface area is 111 Å². The molecule has 0 saturated carbocycles. The minimum Gasteiger partial charge on any atom is -0.439 e. The summed E-state index contributed by atoms with van der Waals surface area (Å²) in [4.78, 5) is 7.86. The van der Waals surface area contributed by atoms with Crippen LogP contribution in [0.25, 0.3) is 0 Å². The summed E-state index contributed by atoms with van der Waals surface area (Å²) in [5.74, 6) is 1.29. The predicted octanol–water partition coefficient (Wildman–Crippen LogP) is 3.80. The SMILES string of the molecule is Clc1cc(Oc2ccc3c(c2)CCCC3)ncn1. The molecule has 0 atom stereocenters. The van der Waals surface area contributed by atoms with Gasteiger partial charge >= 0.3 is 0 Å². The molecule has 4 heteroatoms. The number of aryl methyl sites for hydroxylation is 2. The highest BCUT2D eigenvalue weighted by Gasteiger charge is 2.10. The van der Waals surface area contributed by atoms with Crippen LogP contribution in [0.1, 0.15) is 24.0 Å². The molecule has 92 valence electrons. The van der Waals surface area contributed by atoms with E-state index in [0.29, 0.717) is 11.0 Å². The number of hydrogen-bond acceptors (Lipinski definition) is 3. The third-order valence-electron chi connectivity index (χ3n) is 3.15. The van der Waals surface area contributed by atoms with Crippen LogP contribution in [0.15, 0.2) is 30.6 Å². The normalized spacial score (nSPS) is 14.1. The Bertz CT molecular complexity index is 571. The third-order valence-corrected chi connectivity index (χ3v) is 3.36. The lowest BCUT2D eigenvalue weighted by Crippen LogP contribution is -2.02. The van der Waals surface area contributed by atoms with Crippen molar-refractivity contribution in [1.29, 1.82) is 0 Å². The number of benzene rings is 1. The quantitative estimate of drug-likeness (QED) is 0.771. The van der Waals surface area contributed by atoms with Crippen LogP contribution in [0.4, 0.5) is 0 Å². The molecule has 3 nitrogen and oxygen atoms in total. The van der Waals surface area contributed by atoms with Crippen molar-refractivity contribution in [3.05, 3.63) is 46.9 Å². The van der Waals surface area contributed by atoms with Gasteiger partial charge in [0.05, 0.1) is 0 Å². The molecule has 0 N–H and O–H groups in total. The minimum absolute atomic E-state index is 0.387. The van der Waals surface area contributed by atoms with E-state index in [2.05, 4.69) is 22.1 Å². The van der Waals surface area contributed by atoms with E-state index in [9.17, 15) is 0 Å². The standard InChI is InChI=1S/C14H13ClN2O/c15-13-8-14(17-9-16-13)18-12-6-5-10-3-1-2-4-11(10)7-12/h5-9H,1-4H2. The van der Waals surface area contributed by atoms with Crippen LogP contribution in [-0.2, 0) is 12.8 Å². The molecule has 0 fully saturated rings. The van der Waals surface area contributed by atoms with Crippen LogP contribution in [-0.4, -0.2) is 9.97 Å². The van der Waals surface area contributed by atoms with Crippen molar-refractivity contribution in [2.45, 2.75) is 25.7 Å². The van der Waals surface area contributed by atoms with Gasteiger partial charge in [-0.25, -0.2) is 9.97 Å². The molecule has 0 spiro atoms. The second kappa shape index (κ2) is 4.94. The lowest BCUT2D eigenvalue weighted by Gasteiger charge is -2.16. The first kappa shape index (κ1) is 11.5. The zero-order valence-electron chi connectivity index (χ0n) is 9.90. The Morgan fingerprint density at radius 3 is 2.67 bits per heavy atom. The van der Waals surface area contributed by atoms with E-state index in [4.69, 9.17) is 16.3 Å². The molecular weight excluding hydrogens is 248 g/mol. The second-order valence-electron chi connectivity index (χ2n) is 4.42. The van der Waals surface area contributed by atoms with Gasteiger partial charge in [0, 0.05) is 6.07 Å². The Morgan fingerprint density at radius 2 is 1.83 bits per heavy atom. The number of rotatable bonds is 2. The van der Waals surface area contributed by atoms with Crippen molar-refractivity contribution in [1.82, 2.24) is 9.97 Å². The molecule has 18 heavy (non-hydrogen) atoms. The second-order valence-corrected chi connectivity index (χ2v) is 4.81. The Hall–Kier alpha value is -1.61. The van der Waals surface area contributed by atoms with Gasteiger partial charge in [-0.1, -0.05) is 17.7 Å². The van der Waals surface area contributed by atoms with E-state index >= 15 is 0 Å². The average Bonchev–Trinajstić information content (AvgIpc) is 2.39. The predicted molar refractivity (Wildman–Crippen MR) is 70.2 cm³/mol. The molecule has 0 aliphatic heterocycles. The van der Waals surface area contributed by atoms with Crippen molar-refractivity contribution in [2.24, 2.45) is 0 Å². The first-order chi connectivity index (χ1) is 8.81. The highest BCUT2D eigenvalue weighted by Crippen LogP contribution is 2.27. The summed E-state index contributed by atoms with van der Waals surface area (Å²) in [6.07, 6.45) is 6.26. The average molecular weight is 261 g/mol. The van der Waals surface area contributed by atoms with Gasteiger partial charge in [0.2, 0.25) is 5.88 Å². The largest absolute Gasteiger partial charge is 0.439 e. The molecule has 3 rings (SSSR count). The molecule has 0 radical (unpaired) electrons. The number of aromatic nitrogens is 2. The summed E-state index contributed by atoms with van der Waals surface area (Å²) in [5, 5.41) is 0.387. The molecule has 0 amide bonds. The summed E-state index contributed by atoms with van der Waals surface area (Å²) >= 11 is 5.80. The number of ether oxygens (including phenoxy) is 1. The third kappa shape index (κ3) is 2.46. The monoisotopic (exact) mass is 260 g/mol. The van der Waals surface area contributed by atoms with Crippen molar-refractivity contribution in [3.63, 3.8) is 0 Å². The van der Waals surface area contributed by atoms with Crippen LogP contribution in [0.5, 0.6) is 11.6 Å². The van der Waals surface area contributed by atoms with Crippen molar-refractivity contribution >= 4 is 11.6 Å². The lowest BCUT2D eigenvalue weighted by atomic mass is 9.92. The Morgan fingerprint density at radius 1 is 1.00 bits per heavy atom.